The molecule has 0 fully saturated rings. The number of imidazole rings is 1. The molecule has 90 valence electrons. The van der Waals surface area contributed by atoms with E-state index in [-0.39, 0.29) is 0 Å². The minimum Gasteiger partial charge on any atom is -0.338 e. The lowest BCUT2D eigenvalue weighted by molar-refractivity contribution is 1.33. The van der Waals surface area contributed by atoms with Gasteiger partial charge in [0, 0.05) is 19.5 Å². The second-order valence-corrected chi connectivity index (χ2v) is 6.17. The van der Waals surface area contributed by atoms with E-state index in [0.29, 0.717) is 5.02 Å². The molecule has 0 unspecified atom stereocenters. The van der Waals surface area contributed by atoms with Gasteiger partial charge in [-0.1, -0.05) is 43.5 Å². The molecule has 0 saturated carbocycles. The van der Waals surface area contributed by atoms with Crippen LogP contribution in [0.4, 0.5) is 0 Å². The van der Waals surface area contributed by atoms with E-state index >= 15 is 0 Å². The maximum atomic E-state index is 5.96. The van der Waals surface area contributed by atoms with Crippen molar-refractivity contribution in [3.05, 3.63) is 50.4 Å². The van der Waals surface area contributed by atoms with Crippen LogP contribution in [0.1, 0.15) is 0 Å². The van der Waals surface area contributed by atoms with Gasteiger partial charge >= 0.3 is 0 Å². The van der Waals surface area contributed by atoms with Crippen LogP contribution in [0, 0.1) is 0 Å². The number of aromatic amines is 1. The molecule has 3 aromatic rings. The summed E-state index contributed by atoms with van der Waals surface area (Å²) in [5.41, 5.74) is 2.86. The van der Waals surface area contributed by atoms with Crippen LogP contribution >= 0.6 is 43.5 Å². The van der Waals surface area contributed by atoms with Gasteiger partial charge in [0.2, 0.25) is 0 Å². The lowest BCUT2D eigenvalue weighted by Crippen LogP contribution is -1.80. The Morgan fingerprint density at radius 2 is 1.72 bits per heavy atom. The van der Waals surface area contributed by atoms with Crippen molar-refractivity contribution < 1.29 is 0 Å². The molecular weight excluding hydrogens is 379 g/mol. The zero-order chi connectivity index (χ0) is 12.7. The molecule has 1 heterocycles. The third-order valence-corrected chi connectivity index (χ3v) is 3.73. The van der Waals surface area contributed by atoms with Crippen molar-refractivity contribution >= 4 is 54.5 Å². The highest BCUT2D eigenvalue weighted by molar-refractivity contribution is 9.11. The molecule has 1 aromatic heterocycles. The van der Waals surface area contributed by atoms with Crippen LogP contribution in [0.3, 0.4) is 0 Å². The van der Waals surface area contributed by atoms with Crippen LogP contribution in [-0.4, -0.2) is 9.97 Å². The molecule has 0 aliphatic carbocycles. The van der Waals surface area contributed by atoms with Crippen molar-refractivity contribution in [1.82, 2.24) is 9.97 Å². The molecule has 0 spiro atoms. The van der Waals surface area contributed by atoms with Gasteiger partial charge in [-0.3, -0.25) is 0 Å². The fourth-order valence-corrected chi connectivity index (χ4v) is 3.27. The van der Waals surface area contributed by atoms with Gasteiger partial charge in [0.05, 0.1) is 11.0 Å². The van der Waals surface area contributed by atoms with Crippen LogP contribution < -0.4 is 0 Å². The van der Waals surface area contributed by atoms with Gasteiger partial charge in [-0.2, -0.15) is 0 Å². The third-order valence-electron chi connectivity index (χ3n) is 2.58. The number of nitrogens with zero attached hydrogens (tertiary/aromatic N) is 1. The van der Waals surface area contributed by atoms with Crippen LogP contribution in [0.5, 0.6) is 0 Å². The molecule has 0 saturated heterocycles. The number of hydrogen-bond acceptors (Lipinski definition) is 1. The fraction of sp³-hybridized carbons (Fsp3) is 0. The number of halogens is 3. The van der Waals surface area contributed by atoms with E-state index in [2.05, 4.69) is 41.8 Å². The van der Waals surface area contributed by atoms with Crippen molar-refractivity contribution in [2.45, 2.75) is 0 Å². The molecule has 3 rings (SSSR count). The summed E-state index contributed by atoms with van der Waals surface area (Å²) in [6.07, 6.45) is 0. The topological polar surface area (TPSA) is 28.7 Å². The smallest absolute Gasteiger partial charge is 0.138 e. The third kappa shape index (κ3) is 2.32. The van der Waals surface area contributed by atoms with Crippen LogP contribution in [0.2, 0.25) is 5.02 Å². The first-order valence-electron chi connectivity index (χ1n) is 5.23. The van der Waals surface area contributed by atoms with E-state index in [0.717, 1.165) is 31.4 Å². The Morgan fingerprint density at radius 3 is 2.44 bits per heavy atom. The van der Waals surface area contributed by atoms with E-state index < -0.39 is 0 Å². The highest BCUT2D eigenvalue weighted by Gasteiger charge is 2.07. The summed E-state index contributed by atoms with van der Waals surface area (Å²) in [4.78, 5) is 7.82. The van der Waals surface area contributed by atoms with Gasteiger partial charge in [-0.25, -0.2) is 4.98 Å². The van der Waals surface area contributed by atoms with Crippen molar-refractivity contribution in [2.24, 2.45) is 0 Å². The molecule has 2 nitrogen and oxygen atoms in total. The molecule has 0 amide bonds. The first kappa shape index (κ1) is 12.2. The summed E-state index contributed by atoms with van der Waals surface area (Å²) < 4.78 is 2.01. The Labute approximate surface area is 126 Å². The zero-order valence-corrected chi connectivity index (χ0v) is 13.0. The van der Waals surface area contributed by atoms with E-state index in [1.54, 1.807) is 0 Å². The van der Waals surface area contributed by atoms with Gasteiger partial charge in [-0.05, 0) is 36.4 Å². The molecule has 1 N–H and O–H groups in total. The van der Waals surface area contributed by atoms with Crippen LogP contribution in [0.25, 0.3) is 22.4 Å². The van der Waals surface area contributed by atoms with E-state index in [1.165, 1.54) is 0 Å². The summed E-state index contributed by atoms with van der Waals surface area (Å²) in [6, 6.07) is 11.6. The first-order chi connectivity index (χ1) is 8.61. The standard InChI is InChI=1S/C13H7Br2ClN2/c14-8-3-7(4-9(15)5-8)13-17-11-2-1-10(16)6-12(11)18-13/h1-6H,(H,17,18). The number of fused-ring (bicyclic) bond motifs is 1. The number of rotatable bonds is 1. The average Bonchev–Trinajstić information content (AvgIpc) is 2.70. The van der Waals surface area contributed by atoms with Gasteiger partial charge in [-0.15, -0.1) is 0 Å². The Kier molecular flexibility index (Phi) is 3.18. The zero-order valence-electron chi connectivity index (χ0n) is 9.05. The minimum absolute atomic E-state index is 0.702. The van der Waals surface area contributed by atoms with E-state index in [4.69, 9.17) is 11.6 Å². The normalized spacial score (nSPS) is 11.1. The molecular formula is C13H7Br2ClN2. The summed E-state index contributed by atoms with van der Waals surface area (Å²) in [6.45, 7) is 0. The van der Waals surface area contributed by atoms with Gasteiger partial charge in [0.15, 0.2) is 0 Å². The van der Waals surface area contributed by atoms with Crippen LogP contribution in [-0.2, 0) is 0 Å². The Hall–Kier alpha value is -0.840. The molecule has 0 aliphatic rings. The summed E-state index contributed by atoms with van der Waals surface area (Å²) in [7, 11) is 0. The van der Waals surface area contributed by atoms with Gasteiger partial charge in [0.1, 0.15) is 5.82 Å². The predicted octanol–water partition coefficient (Wildman–Crippen LogP) is 5.41. The maximum absolute atomic E-state index is 5.96. The van der Waals surface area contributed by atoms with Crippen molar-refractivity contribution in [3.63, 3.8) is 0 Å². The fourth-order valence-electron chi connectivity index (χ4n) is 1.81. The number of nitrogens with one attached hydrogen (secondary N) is 1. The monoisotopic (exact) mass is 384 g/mol. The van der Waals surface area contributed by atoms with Crippen molar-refractivity contribution in [3.8, 4) is 11.4 Å². The SMILES string of the molecule is Clc1ccc2nc(-c3cc(Br)cc(Br)c3)[nH]c2c1. The molecule has 5 heteroatoms. The number of aromatic nitrogens is 2. The molecule has 0 bridgehead atoms. The van der Waals surface area contributed by atoms with E-state index in [1.807, 2.05) is 36.4 Å². The number of benzene rings is 2. The Morgan fingerprint density at radius 1 is 1.00 bits per heavy atom. The van der Waals surface area contributed by atoms with Gasteiger partial charge in [0.25, 0.3) is 0 Å². The largest absolute Gasteiger partial charge is 0.338 e. The van der Waals surface area contributed by atoms with Crippen LogP contribution in [0.15, 0.2) is 45.3 Å². The molecule has 0 radical (unpaired) electrons. The summed E-state index contributed by atoms with van der Waals surface area (Å²) in [5.74, 6) is 0.828. The quantitative estimate of drug-likeness (QED) is 0.595. The summed E-state index contributed by atoms with van der Waals surface area (Å²) in [5, 5.41) is 0.702. The highest BCUT2D eigenvalue weighted by Crippen LogP contribution is 2.28. The Balaban J connectivity index is 2.19. The van der Waals surface area contributed by atoms with Crippen molar-refractivity contribution in [2.75, 3.05) is 0 Å². The number of hydrogen-bond donors (Lipinski definition) is 1. The Bertz CT molecular complexity index is 717. The van der Waals surface area contributed by atoms with Crippen molar-refractivity contribution in [1.29, 1.82) is 0 Å². The highest BCUT2D eigenvalue weighted by atomic mass is 79.9. The van der Waals surface area contributed by atoms with Gasteiger partial charge < -0.3 is 4.98 Å². The number of H-pyrrole nitrogens is 1. The molecule has 2 aromatic carbocycles. The lowest BCUT2D eigenvalue weighted by Gasteiger charge is -1.99. The maximum Gasteiger partial charge on any atom is 0.138 e. The average molecular weight is 386 g/mol. The molecule has 0 atom stereocenters. The van der Waals surface area contributed by atoms with E-state index in [9.17, 15) is 0 Å². The second-order valence-electron chi connectivity index (χ2n) is 3.91. The first-order valence-corrected chi connectivity index (χ1v) is 7.20. The lowest BCUT2D eigenvalue weighted by atomic mass is 10.2. The summed E-state index contributed by atoms with van der Waals surface area (Å²) >= 11 is 12.9. The predicted molar refractivity (Wildman–Crippen MR) is 81.9 cm³/mol. The molecule has 18 heavy (non-hydrogen) atoms. The molecule has 0 aliphatic heterocycles. The second kappa shape index (κ2) is 4.68. The minimum atomic E-state index is 0.702.